The van der Waals surface area contributed by atoms with Crippen molar-refractivity contribution in [1.82, 2.24) is 0 Å². The highest BCUT2D eigenvalue weighted by Crippen LogP contribution is 2.45. The molecule has 234 valence electrons. The summed E-state index contributed by atoms with van der Waals surface area (Å²) >= 11 is 0. The minimum atomic E-state index is 0.734. The lowest BCUT2D eigenvalue weighted by Gasteiger charge is -2.29. The van der Waals surface area contributed by atoms with Crippen LogP contribution in [0.15, 0.2) is 183 Å². The molecule has 0 amide bonds. The summed E-state index contributed by atoms with van der Waals surface area (Å²) in [6, 6.07) is 55.5. The molecule has 0 spiro atoms. The lowest BCUT2D eigenvalue weighted by molar-refractivity contribution is 1.27. The van der Waals surface area contributed by atoms with E-state index < -0.39 is 0 Å². The zero-order valence-corrected chi connectivity index (χ0v) is 27.3. The fourth-order valence-electron chi connectivity index (χ4n) is 6.99. The van der Waals surface area contributed by atoms with Crippen LogP contribution in [0.2, 0.25) is 0 Å². The summed E-state index contributed by atoms with van der Waals surface area (Å²) in [5.41, 5.74) is 18.6. The Kier molecular flexibility index (Phi) is 7.97. The van der Waals surface area contributed by atoms with Gasteiger partial charge in [-0.15, -0.1) is 0 Å². The molecule has 0 saturated heterocycles. The monoisotopic (exact) mass is 628 g/mol. The van der Waals surface area contributed by atoms with Gasteiger partial charge >= 0.3 is 0 Å². The Morgan fingerprint density at radius 2 is 1.27 bits per heavy atom. The van der Waals surface area contributed by atoms with Crippen molar-refractivity contribution in [3.05, 3.63) is 216 Å². The van der Waals surface area contributed by atoms with E-state index in [0.29, 0.717) is 0 Å². The number of anilines is 2. The molecule has 0 saturated carbocycles. The molecule has 0 aliphatic carbocycles. The van der Waals surface area contributed by atoms with Crippen LogP contribution < -0.4 is 10.6 Å². The first-order valence-corrected chi connectivity index (χ1v) is 16.7. The number of nitrogens with zero attached hydrogens (tertiary/aromatic N) is 1. The van der Waals surface area contributed by atoms with Crippen molar-refractivity contribution >= 4 is 55.8 Å². The number of fused-ring (bicyclic) bond motifs is 5. The van der Waals surface area contributed by atoms with E-state index in [9.17, 15) is 0 Å². The third-order valence-corrected chi connectivity index (χ3v) is 9.45. The Balaban J connectivity index is 1.33. The zero-order chi connectivity index (χ0) is 33.2. The van der Waals surface area contributed by atoms with Gasteiger partial charge < -0.3 is 10.6 Å². The van der Waals surface area contributed by atoms with Crippen LogP contribution in [0.25, 0.3) is 44.5 Å². The second-order valence-electron chi connectivity index (χ2n) is 12.4. The van der Waals surface area contributed by atoms with Gasteiger partial charge in [0.25, 0.3) is 0 Å². The van der Waals surface area contributed by atoms with Gasteiger partial charge in [-0.1, -0.05) is 158 Å². The summed E-state index contributed by atoms with van der Waals surface area (Å²) < 4.78 is 0. The van der Waals surface area contributed by atoms with Crippen LogP contribution in [0.5, 0.6) is 0 Å². The first-order chi connectivity index (χ1) is 24.2. The topological polar surface area (TPSA) is 29.3 Å². The Hall–Kier alpha value is -6.38. The van der Waals surface area contributed by atoms with Gasteiger partial charge in [-0.25, -0.2) is 0 Å². The van der Waals surface area contributed by atoms with Gasteiger partial charge in [-0.3, -0.25) is 0 Å². The number of hydrogen-bond donors (Lipinski definition) is 1. The van der Waals surface area contributed by atoms with E-state index in [1.165, 1.54) is 16.3 Å². The maximum Gasteiger partial charge on any atom is 0.0540 e. The van der Waals surface area contributed by atoms with Crippen LogP contribution in [0.3, 0.4) is 0 Å². The average Bonchev–Trinajstić information content (AvgIpc) is 3.16. The number of nitrogens with two attached hydrogens (primary N) is 1. The fourth-order valence-corrected chi connectivity index (χ4v) is 6.99. The van der Waals surface area contributed by atoms with E-state index in [0.717, 1.165) is 73.2 Å². The molecule has 0 fully saturated rings. The standard InChI is InChI=1S/C47H36N2/c1-33-39-20-10-8-17-36(39)30-31-49(46-28-26-35-16-9-11-21-41(35)47(33)46)45-29-27-40(42-22-12-13-23-43(42)45)38(25-24-34-14-4-2-5-15-34)32-44(48)37-18-6-3-7-19-37/h2-23,25-32H,1,24,48H2/b31-30-,38-25+,44-32-. The van der Waals surface area contributed by atoms with Gasteiger partial charge in [-0.05, 0) is 85.8 Å². The molecule has 49 heavy (non-hydrogen) atoms. The largest absolute Gasteiger partial charge is 0.398 e. The van der Waals surface area contributed by atoms with E-state index in [-0.39, 0.29) is 0 Å². The lowest BCUT2D eigenvalue weighted by atomic mass is 9.88. The molecule has 7 aromatic rings. The molecule has 1 aliphatic rings. The van der Waals surface area contributed by atoms with Gasteiger partial charge in [0.05, 0.1) is 11.4 Å². The number of allylic oxidation sites excluding steroid dienone is 3. The maximum absolute atomic E-state index is 6.77. The molecule has 7 aromatic carbocycles. The second kappa shape index (κ2) is 13.0. The van der Waals surface area contributed by atoms with Gasteiger partial charge in [-0.2, -0.15) is 0 Å². The predicted octanol–water partition coefficient (Wildman–Crippen LogP) is 11.8. The molecule has 2 heteroatoms. The van der Waals surface area contributed by atoms with Crippen molar-refractivity contribution in [1.29, 1.82) is 0 Å². The van der Waals surface area contributed by atoms with Crippen LogP contribution >= 0.6 is 0 Å². The molecule has 1 heterocycles. The van der Waals surface area contributed by atoms with Crippen molar-refractivity contribution in [3.8, 4) is 0 Å². The molecule has 0 atom stereocenters. The first kappa shape index (κ1) is 30.0. The third-order valence-electron chi connectivity index (χ3n) is 9.45. The van der Waals surface area contributed by atoms with Crippen molar-refractivity contribution in [2.45, 2.75) is 6.42 Å². The predicted molar refractivity (Wildman–Crippen MR) is 210 cm³/mol. The van der Waals surface area contributed by atoms with Crippen LogP contribution in [-0.2, 0) is 6.42 Å². The minimum Gasteiger partial charge on any atom is -0.398 e. The highest BCUT2D eigenvalue weighted by molar-refractivity contribution is 6.09. The summed E-state index contributed by atoms with van der Waals surface area (Å²) in [4.78, 5) is 2.33. The quantitative estimate of drug-likeness (QED) is 0.186. The Bertz CT molecular complexity index is 2430. The van der Waals surface area contributed by atoms with Crippen molar-refractivity contribution in [3.63, 3.8) is 0 Å². The molecular weight excluding hydrogens is 593 g/mol. The maximum atomic E-state index is 6.77. The van der Waals surface area contributed by atoms with Crippen molar-refractivity contribution < 1.29 is 0 Å². The Labute approximate surface area is 288 Å². The van der Waals surface area contributed by atoms with Gasteiger partial charge in [0.2, 0.25) is 0 Å². The molecule has 2 nitrogen and oxygen atoms in total. The summed E-state index contributed by atoms with van der Waals surface area (Å²) in [6.07, 6.45) is 9.63. The molecule has 0 radical (unpaired) electrons. The SMILES string of the molecule is C=C1c2ccccc2/C=C\N(c2ccc(C(/C=C(\N)c3ccccc3)=C/Cc3ccccc3)c3ccccc23)c2ccc3ccccc3c21. The van der Waals surface area contributed by atoms with E-state index in [1.54, 1.807) is 0 Å². The average molecular weight is 629 g/mol. The lowest BCUT2D eigenvalue weighted by Crippen LogP contribution is -2.13. The molecule has 2 N–H and O–H groups in total. The summed E-state index contributed by atoms with van der Waals surface area (Å²) in [6.45, 7) is 4.69. The Morgan fingerprint density at radius 1 is 0.612 bits per heavy atom. The number of benzene rings is 7. The molecule has 1 aliphatic heterocycles. The number of hydrogen-bond acceptors (Lipinski definition) is 2. The van der Waals surface area contributed by atoms with Crippen LogP contribution in [0.1, 0.15) is 33.4 Å². The van der Waals surface area contributed by atoms with E-state index in [2.05, 4.69) is 175 Å². The van der Waals surface area contributed by atoms with E-state index >= 15 is 0 Å². The van der Waals surface area contributed by atoms with E-state index in [4.69, 9.17) is 5.73 Å². The molecular formula is C47H36N2. The highest BCUT2D eigenvalue weighted by atomic mass is 15.1. The van der Waals surface area contributed by atoms with Crippen LogP contribution in [0.4, 0.5) is 11.4 Å². The van der Waals surface area contributed by atoms with Crippen molar-refractivity contribution in [2.75, 3.05) is 4.90 Å². The Morgan fingerprint density at radius 3 is 2.08 bits per heavy atom. The van der Waals surface area contributed by atoms with Crippen LogP contribution in [-0.4, -0.2) is 0 Å². The second-order valence-corrected chi connectivity index (χ2v) is 12.4. The summed E-state index contributed by atoms with van der Waals surface area (Å²) in [7, 11) is 0. The van der Waals surface area contributed by atoms with Crippen molar-refractivity contribution in [2.24, 2.45) is 5.73 Å². The number of rotatable bonds is 6. The molecule has 8 rings (SSSR count). The van der Waals surface area contributed by atoms with Crippen LogP contribution in [0, 0.1) is 0 Å². The zero-order valence-electron chi connectivity index (χ0n) is 27.3. The van der Waals surface area contributed by atoms with Gasteiger partial charge in [0, 0.05) is 22.8 Å². The van der Waals surface area contributed by atoms with E-state index in [1.807, 2.05) is 18.2 Å². The minimum absolute atomic E-state index is 0.734. The fraction of sp³-hybridized carbons (Fsp3) is 0.0213. The highest BCUT2D eigenvalue weighted by Gasteiger charge is 2.22. The smallest absolute Gasteiger partial charge is 0.0540 e. The van der Waals surface area contributed by atoms with Gasteiger partial charge in [0.15, 0.2) is 0 Å². The summed E-state index contributed by atoms with van der Waals surface area (Å²) in [5, 5.41) is 4.70. The first-order valence-electron chi connectivity index (χ1n) is 16.7. The molecule has 0 bridgehead atoms. The third kappa shape index (κ3) is 5.75. The van der Waals surface area contributed by atoms with Gasteiger partial charge in [0.1, 0.15) is 0 Å². The normalized spacial score (nSPS) is 13.9. The summed E-state index contributed by atoms with van der Waals surface area (Å²) in [5.74, 6) is 0. The molecule has 0 unspecified atom stereocenters. The molecule has 0 aromatic heterocycles.